The van der Waals surface area contributed by atoms with E-state index in [4.69, 9.17) is 17.3 Å². The van der Waals surface area contributed by atoms with E-state index >= 15 is 0 Å². The minimum Gasteiger partial charge on any atom is -0.328 e. The molecule has 2 aromatic rings. The summed E-state index contributed by atoms with van der Waals surface area (Å²) in [5, 5.41) is 0.759. The van der Waals surface area contributed by atoms with Gasteiger partial charge >= 0.3 is 0 Å². The molecule has 2 rings (SSSR count). The summed E-state index contributed by atoms with van der Waals surface area (Å²) in [5.41, 5.74) is 7.07. The molecule has 0 aromatic heterocycles. The topological polar surface area (TPSA) is 26.0 Å². The minimum absolute atomic E-state index is 0.179. The van der Waals surface area contributed by atoms with E-state index in [1.807, 2.05) is 25.1 Å². The van der Waals surface area contributed by atoms with Gasteiger partial charge in [0.25, 0.3) is 0 Å². The molecule has 0 amide bonds. The molecule has 1 atom stereocenters. The highest BCUT2D eigenvalue weighted by Gasteiger charge is 2.05. The van der Waals surface area contributed by atoms with Gasteiger partial charge in [0.05, 0.1) is 0 Å². The normalized spacial score (nSPS) is 12.4. The quantitative estimate of drug-likeness (QED) is 0.820. The largest absolute Gasteiger partial charge is 0.328 e. The van der Waals surface area contributed by atoms with E-state index < -0.39 is 0 Å². The summed E-state index contributed by atoms with van der Waals surface area (Å²) in [7, 11) is 0. The first-order chi connectivity index (χ1) is 9.04. The summed E-state index contributed by atoms with van der Waals surface area (Å²) in [6.45, 7) is 2.02. The minimum atomic E-state index is 0.179. The zero-order chi connectivity index (χ0) is 13.8. The van der Waals surface area contributed by atoms with Crippen molar-refractivity contribution in [2.75, 3.05) is 0 Å². The van der Waals surface area contributed by atoms with Gasteiger partial charge in [-0.3, -0.25) is 0 Å². The van der Waals surface area contributed by atoms with Crippen LogP contribution in [0.3, 0.4) is 0 Å². The lowest BCUT2D eigenvalue weighted by atomic mass is 10.1. The molecule has 0 bridgehead atoms. The summed E-state index contributed by atoms with van der Waals surface area (Å²) in [6, 6.07) is 14.4. The Labute approximate surface area is 131 Å². The SMILES string of the molecule is CC(N)Cc1ccc(Sc2cccc(Cl)c2)c(Br)c1. The molecule has 0 aliphatic rings. The Morgan fingerprint density at radius 2 is 2.05 bits per heavy atom. The third kappa shape index (κ3) is 4.53. The molecule has 0 spiro atoms. The molecule has 100 valence electrons. The molecule has 4 heteroatoms. The Morgan fingerprint density at radius 3 is 2.68 bits per heavy atom. The predicted molar refractivity (Wildman–Crippen MR) is 87.1 cm³/mol. The Kier molecular flexibility index (Phi) is 5.34. The molecule has 0 fully saturated rings. The fourth-order valence-electron chi connectivity index (χ4n) is 1.78. The highest BCUT2D eigenvalue weighted by molar-refractivity contribution is 9.10. The first-order valence-electron chi connectivity index (χ1n) is 6.02. The number of hydrogen-bond donors (Lipinski definition) is 1. The van der Waals surface area contributed by atoms with E-state index in [1.54, 1.807) is 11.8 Å². The molecule has 1 unspecified atom stereocenters. The number of hydrogen-bond acceptors (Lipinski definition) is 2. The number of nitrogens with two attached hydrogens (primary N) is 1. The van der Waals surface area contributed by atoms with E-state index in [0.717, 1.165) is 20.8 Å². The smallest absolute Gasteiger partial charge is 0.0417 e. The van der Waals surface area contributed by atoms with E-state index in [-0.39, 0.29) is 6.04 Å². The van der Waals surface area contributed by atoms with E-state index in [0.29, 0.717) is 0 Å². The van der Waals surface area contributed by atoms with Crippen molar-refractivity contribution in [1.29, 1.82) is 0 Å². The van der Waals surface area contributed by atoms with Crippen molar-refractivity contribution >= 4 is 39.3 Å². The molecule has 1 nitrogen and oxygen atoms in total. The second-order valence-corrected chi connectivity index (χ2v) is 6.91. The van der Waals surface area contributed by atoms with Gasteiger partial charge in [-0.15, -0.1) is 0 Å². The molecule has 0 radical (unpaired) electrons. The summed E-state index contributed by atoms with van der Waals surface area (Å²) in [6.07, 6.45) is 0.890. The average molecular weight is 357 g/mol. The van der Waals surface area contributed by atoms with Crippen molar-refractivity contribution < 1.29 is 0 Å². The van der Waals surface area contributed by atoms with Gasteiger partial charge in [-0.2, -0.15) is 0 Å². The molecule has 0 aliphatic carbocycles. The summed E-state index contributed by atoms with van der Waals surface area (Å²) < 4.78 is 1.09. The first kappa shape index (κ1) is 14.9. The van der Waals surface area contributed by atoms with Crippen molar-refractivity contribution in [2.45, 2.75) is 29.2 Å². The van der Waals surface area contributed by atoms with Crippen LogP contribution in [0.25, 0.3) is 0 Å². The van der Waals surface area contributed by atoms with Crippen LogP contribution in [-0.2, 0) is 6.42 Å². The van der Waals surface area contributed by atoms with Crippen molar-refractivity contribution in [1.82, 2.24) is 0 Å². The molecule has 0 aliphatic heterocycles. The second kappa shape index (κ2) is 6.80. The maximum Gasteiger partial charge on any atom is 0.0417 e. The van der Waals surface area contributed by atoms with Crippen molar-refractivity contribution in [3.8, 4) is 0 Å². The molecular weight excluding hydrogens is 342 g/mol. The third-order valence-electron chi connectivity index (χ3n) is 2.58. The van der Waals surface area contributed by atoms with Crippen LogP contribution in [-0.4, -0.2) is 6.04 Å². The summed E-state index contributed by atoms with van der Waals surface area (Å²) >= 11 is 11.3. The average Bonchev–Trinajstić information content (AvgIpc) is 2.32. The lowest BCUT2D eigenvalue weighted by Gasteiger charge is -2.09. The Bertz CT molecular complexity index is 572. The highest BCUT2D eigenvalue weighted by Crippen LogP contribution is 2.35. The molecule has 2 N–H and O–H groups in total. The van der Waals surface area contributed by atoms with Crippen molar-refractivity contribution in [3.05, 3.63) is 57.5 Å². The highest BCUT2D eigenvalue weighted by atomic mass is 79.9. The number of benzene rings is 2. The molecule has 0 saturated heterocycles. The molecule has 19 heavy (non-hydrogen) atoms. The zero-order valence-corrected chi connectivity index (χ0v) is 13.7. The number of rotatable bonds is 4. The van der Waals surface area contributed by atoms with Crippen LogP contribution >= 0.6 is 39.3 Å². The monoisotopic (exact) mass is 355 g/mol. The van der Waals surface area contributed by atoms with Crippen LogP contribution in [0.5, 0.6) is 0 Å². The predicted octanol–water partition coefficient (Wildman–Crippen LogP) is 5.14. The van der Waals surface area contributed by atoms with Gasteiger partial charge < -0.3 is 5.73 Å². The van der Waals surface area contributed by atoms with Crippen molar-refractivity contribution in [3.63, 3.8) is 0 Å². The van der Waals surface area contributed by atoms with Crippen molar-refractivity contribution in [2.24, 2.45) is 5.73 Å². The Hall–Kier alpha value is -0.480. The maximum atomic E-state index is 5.99. The standard InChI is InChI=1S/C15H15BrClNS/c1-10(18)7-11-5-6-15(14(16)8-11)19-13-4-2-3-12(17)9-13/h2-6,8-10H,7,18H2,1H3. The maximum absolute atomic E-state index is 5.99. The third-order valence-corrected chi connectivity index (χ3v) is 4.80. The van der Waals surface area contributed by atoms with Crippen LogP contribution in [0.4, 0.5) is 0 Å². The Balaban J connectivity index is 2.17. The zero-order valence-electron chi connectivity index (χ0n) is 10.6. The Morgan fingerprint density at radius 1 is 1.26 bits per heavy atom. The summed E-state index contributed by atoms with van der Waals surface area (Å²) in [5.74, 6) is 0. The number of halogens is 2. The molecule has 0 saturated carbocycles. The van der Waals surface area contributed by atoms with Gasteiger partial charge in [0, 0.05) is 25.3 Å². The lowest BCUT2D eigenvalue weighted by molar-refractivity contribution is 0.737. The first-order valence-corrected chi connectivity index (χ1v) is 8.01. The van der Waals surface area contributed by atoms with E-state index in [2.05, 4.69) is 40.2 Å². The van der Waals surface area contributed by atoms with Crippen LogP contribution in [0.2, 0.25) is 5.02 Å². The lowest BCUT2D eigenvalue weighted by Crippen LogP contribution is -2.17. The van der Waals surface area contributed by atoms with Gasteiger partial charge in [-0.1, -0.05) is 35.5 Å². The van der Waals surface area contributed by atoms with Gasteiger partial charge in [-0.25, -0.2) is 0 Å². The van der Waals surface area contributed by atoms with Gasteiger partial charge in [0.2, 0.25) is 0 Å². The molecule has 2 aromatic carbocycles. The van der Waals surface area contributed by atoms with Crippen LogP contribution in [0.15, 0.2) is 56.7 Å². The van der Waals surface area contributed by atoms with Gasteiger partial charge in [-0.05, 0) is 65.2 Å². The van der Waals surface area contributed by atoms with Gasteiger partial charge in [0.1, 0.15) is 0 Å². The van der Waals surface area contributed by atoms with E-state index in [1.165, 1.54) is 10.5 Å². The van der Waals surface area contributed by atoms with Crippen LogP contribution < -0.4 is 5.73 Å². The second-order valence-electron chi connectivity index (χ2n) is 4.51. The van der Waals surface area contributed by atoms with E-state index in [9.17, 15) is 0 Å². The van der Waals surface area contributed by atoms with Crippen LogP contribution in [0.1, 0.15) is 12.5 Å². The fourth-order valence-corrected chi connectivity index (χ4v) is 3.59. The van der Waals surface area contributed by atoms with Gasteiger partial charge in [0.15, 0.2) is 0 Å². The van der Waals surface area contributed by atoms with Crippen LogP contribution in [0, 0.1) is 0 Å². The molecular formula is C15H15BrClNS. The molecule has 0 heterocycles. The fraction of sp³-hybridized carbons (Fsp3) is 0.200. The summed E-state index contributed by atoms with van der Waals surface area (Å²) in [4.78, 5) is 2.31.